The van der Waals surface area contributed by atoms with Crippen molar-refractivity contribution >= 4 is 17.6 Å². The van der Waals surface area contributed by atoms with Gasteiger partial charge in [0.25, 0.3) is 0 Å². The number of aromatic nitrogens is 2. The predicted octanol–water partition coefficient (Wildman–Crippen LogP) is 3.88. The number of piperazine rings is 2. The minimum absolute atomic E-state index is 0.159. The van der Waals surface area contributed by atoms with Crippen LogP contribution in [0.2, 0.25) is 0 Å². The molecule has 3 atom stereocenters. The molecule has 1 spiro atoms. The van der Waals surface area contributed by atoms with Gasteiger partial charge in [-0.25, -0.2) is 4.79 Å². The number of likely N-dealkylation sites (N-methyl/N-ethyl adjacent to an activating group) is 1. The summed E-state index contributed by atoms with van der Waals surface area (Å²) in [5.41, 5.74) is 8.58. The summed E-state index contributed by atoms with van der Waals surface area (Å²) in [7, 11) is 2.30. The Morgan fingerprint density at radius 3 is 2.37 bits per heavy atom. The lowest BCUT2D eigenvalue weighted by molar-refractivity contribution is -0.0681. The molecule has 1 aromatic carbocycles. The third kappa shape index (κ3) is 6.25. The first-order valence-corrected chi connectivity index (χ1v) is 17.3. The number of carbonyl (C=O) groups excluding carboxylic acids is 1. The molecular weight excluding hydrogens is 580 g/mol. The monoisotopic (exact) mass is 632 g/mol. The van der Waals surface area contributed by atoms with E-state index in [0.29, 0.717) is 46.7 Å². The van der Waals surface area contributed by atoms with E-state index in [2.05, 4.69) is 36.8 Å². The second-order valence-electron chi connectivity index (χ2n) is 15.7. The summed E-state index contributed by atoms with van der Waals surface area (Å²) in [6, 6.07) is 11.4. The summed E-state index contributed by atoms with van der Waals surface area (Å²) in [6.07, 6.45) is 6.97. The van der Waals surface area contributed by atoms with Crippen LogP contribution in [-0.4, -0.2) is 130 Å². The highest BCUT2D eigenvalue weighted by Crippen LogP contribution is 2.51. The molecular formula is C35H52N8O3. The Morgan fingerprint density at radius 2 is 1.70 bits per heavy atom. The van der Waals surface area contributed by atoms with Gasteiger partial charge in [0.15, 0.2) is 5.82 Å². The van der Waals surface area contributed by atoms with E-state index < -0.39 is 5.60 Å². The van der Waals surface area contributed by atoms with Crippen LogP contribution in [-0.2, 0) is 4.74 Å². The van der Waals surface area contributed by atoms with Crippen LogP contribution in [0.4, 0.5) is 16.3 Å². The topological polar surface area (TPSA) is 115 Å². The van der Waals surface area contributed by atoms with E-state index in [4.69, 9.17) is 10.5 Å². The van der Waals surface area contributed by atoms with Gasteiger partial charge in [0, 0.05) is 82.1 Å². The highest BCUT2D eigenvalue weighted by molar-refractivity contribution is 5.74. The molecule has 5 fully saturated rings. The van der Waals surface area contributed by atoms with E-state index in [1.807, 2.05) is 49.9 Å². The number of amides is 1. The number of piperidine rings is 1. The van der Waals surface area contributed by atoms with Gasteiger partial charge >= 0.3 is 6.09 Å². The van der Waals surface area contributed by atoms with Crippen LogP contribution in [0.1, 0.15) is 59.3 Å². The van der Waals surface area contributed by atoms with Crippen LogP contribution in [0, 0.1) is 5.41 Å². The minimum atomic E-state index is -0.442. The standard InChI is InChI=1S/C35H52N8O3/c1-34(2,3)46-33(45)40-13-11-35(12-14-40)18-26(19-35)41-16-15-39(4)27(22-41)23-43-24-9-10-25(43)21-42(20-24)30-17-29(37-38-32(30)36)28-7-5-6-8-31(28)44/h5-8,17,24-27,44H,9-16,18-23H2,1-4H3,(H2,36,38). The second kappa shape index (κ2) is 12.1. The molecule has 5 heterocycles. The normalized spacial score (nSPS) is 27.6. The molecule has 1 saturated carbocycles. The zero-order valence-corrected chi connectivity index (χ0v) is 28.1. The summed E-state index contributed by atoms with van der Waals surface area (Å²) in [5, 5.41) is 19.0. The van der Waals surface area contributed by atoms with Crippen LogP contribution < -0.4 is 10.6 Å². The van der Waals surface area contributed by atoms with Crippen molar-refractivity contribution in [2.24, 2.45) is 5.41 Å². The Bertz CT molecular complexity index is 1400. The van der Waals surface area contributed by atoms with E-state index >= 15 is 0 Å². The number of hydrogen-bond acceptors (Lipinski definition) is 10. The number of ether oxygens (including phenoxy) is 1. The lowest BCUT2D eigenvalue weighted by Gasteiger charge is -2.57. The highest BCUT2D eigenvalue weighted by Gasteiger charge is 2.50. The number of para-hydroxylation sites is 1. The molecule has 1 aromatic heterocycles. The van der Waals surface area contributed by atoms with Gasteiger partial charge in [0.05, 0.1) is 11.4 Å². The van der Waals surface area contributed by atoms with Crippen molar-refractivity contribution in [2.45, 2.75) is 89.1 Å². The number of hydrogen-bond donors (Lipinski definition) is 2. The fraction of sp³-hybridized carbons (Fsp3) is 0.686. The number of benzene rings is 1. The van der Waals surface area contributed by atoms with Gasteiger partial charge in [-0.15, -0.1) is 10.2 Å². The maximum atomic E-state index is 12.6. The molecule has 3 N–H and O–H groups in total. The van der Waals surface area contributed by atoms with Gasteiger partial charge in [0.2, 0.25) is 0 Å². The number of phenols is 1. The SMILES string of the molecule is CN1CCN(C2CC3(CCN(C(=O)OC(C)(C)C)CC3)C2)CC1CN1C2CCC1CN(c1cc(-c3ccccc3O)nnc1N)C2. The number of aromatic hydroxyl groups is 1. The lowest BCUT2D eigenvalue weighted by atomic mass is 9.60. The molecule has 1 amide bonds. The number of anilines is 2. The van der Waals surface area contributed by atoms with Crippen molar-refractivity contribution in [3.05, 3.63) is 30.3 Å². The number of phenolic OH excluding ortho intramolecular Hbond substituents is 1. The molecule has 5 aliphatic rings. The Hall–Kier alpha value is -3.15. The quantitative estimate of drug-likeness (QED) is 0.504. The third-order valence-electron chi connectivity index (χ3n) is 11.5. The van der Waals surface area contributed by atoms with Crippen LogP contribution in [0.25, 0.3) is 11.3 Å². The first-order chi connectivity index (χ1) is 22.0. The average molecular weight is 633 g/mol. The number of rotatable bonds is 5. The van der Waals surface area contributed by atoms with Crippen LogP contribution in [0.15, 0.2) is 30.3 Å². The molecule has 46 heavy (non-hydrogen) atoms. The summed E-state index contributed by atoms with van der Waals surface area (Å²) in [5.74, 6) is 0.646. The van der Waals surface area contributed by atoms with Crippen LogP contribution in [0.3, 0.4) is 0 Å². The summed E-state index contributed by atoms with van der Waals surface area (Å²) >= 11 is 0. The minimum Gasteiger partial charge on any atom is -0.507 e. The molecule has 2 aromatic rings. The molecule has 1 aliphatic carbocycles. The average Bonchev–Trinajstić information content (AvgIpc) is 3.22. The number of nitrogen functional groups attached to an aromatic ring is 1. The first-order valence-electron chi connectivity index (χ1n) is 17.3. The van der Waals surface area contributed by atoms with E-state index in [-0.39, 0.29) is 11.8 Å². The van der Waals surface area contributed by atoms with Crippen LogP contribution in [0.5, 0.6) is 5.75 Å². The molecule has 250 valence electrons. The molecule has 4 aliphatic heterocycles. The molecule has 3 unspecified atom stereocenters. The van der Waals surface area contributed by atoms with E-state index in [9.17, 15) is 9.90 Å². The molecule has 11 heteroatoms. The number of nitrogens with zero attached hydrogens (tertiary/aromatic N) is 7. The molecule has 0 radical (unpaired) electrons. The Labute approximate surface area is 273 Å². The van der Waals surface area contributed by atoms with Crippen molar-refractivity contribution in [2.75, 3.05) is 70.0 Å². The van der Waals surface area contributed by atoms with E-state index in [1.54, 1.807) is 6.07 Å². The van der Waals surface area contributed by atoms with Gasteiger partial charge in [-0.2, -0.15) is 0 Å². The van der Waals surface area contributed by atoms with Crippen LogP contribution >= 0.6 is 0 Å². The zero-order valence-electron chi connectivity index (χ0n) is 28.1. The van der Waals surface area contributed by atoms with Crippen molar-refractivity contribution in [3.8, 4) is 17.0 Å². The van der Waals surface area contributed by atoms with Gasteiger partial charge < -0.3 is 25.4 Å². The van der Waals surface area contributed by atoms with Crippen molar-refractivity contribution < 1.29 is 14.6 Å². The second-order valence-corrected chi connectivity index (χ2v) is 15.7. The summed E-state index contributed by atoms with van der Waals surface area (Å²) in [6.45, 7) is 13.8. The summed E-state index contributed by atoms with van der Waals surface area (Å²) < 4.78 is 5.62. The Kier molecular flexibility index (Phi) is 8.30. The van der Waals surface area contributed by atoms with Gasteiger partial charge in [0.1, 0.15) is 11.4 Å². The van der Waals surface area contributed by atoms with Crippen molar-refractivity contribution in [1.82, 2.24) is 29.8 Å². The third-order valence-corrected chi connectivity index (χ3v) is 11.5. The van der Waals surface area contributed by atoms with Crippen molar-refractivity contribution in [1.29, 1.82) is 0 Å². The van der Waals surface area contributed by atoms with E-state index in [1.165, 1.54) is 25.7 Å². The Balaban J connectivity index is 0.939. The molecule has 7 rings (SSSR count). The first kappa shape index (κ1) is 31.4. The molecule has 11 nitrogen and oxygen atoms in total. The maximum absolute atomic E-state index is 12.6. The molecule has 4 saturated heterocycles. The number of nitrogens with two attached hydrogens (primary N) is 1. The van der Waals surface area contributed by atoms with Gasteiger partial charge in [-0.1, -0.05) is 12.1 Å². The lowest BCUT2D eigenvalue weighted by Crippen LogP contribution is -2.64. The highest BCUT2D eigenvalue weighted by atomic mass is 16.6. The zero-order chi connectivity index (χ0) is 32.2. The number of carbonyl (C=O) groups is 1. The van der Waals surface area contributed by atoms with E-state index in [0.717, 1.165) is 70.9 Å². The number of fused-ring (bicyclic) bond motifs is 2. The fourth-order valence-electron chi connectivity index (χ4n) is 8.79. The smallest absolute Gasteiger partial charge is 0.410 e. The fourth-order valence-corrected chi connectivity index (χ4v) is 8.79. The number of likely N-dealkylation sites (tertiary alicyclic amines) is 1. The molecule has 2 bridgehead atoms. The summed E-state index contributed by atoms with van der Waals surface area (Å²) in [4.78, 5) is 25.0. The maximum Gasteiger partial charge on any atom is 0.410 e. The van der Waals surface area contributed by atoms with Gasteiger partial charge in [-0.05, 0) is 90.0 Å². The van der Waals surface area contributed by atoms with Crippen molar-refractivity contribution in [3.63, 3.8) is 0 Å². The van der Waals surface area contributed by atoms with Gasteiger partial charge in [-0.3, -0.25) is 14.7 Å². The predicted molar refractivity (Wildman–Crippen MR) is 180 cm³/mol. The Morgan fingerprint density at radius 1 is 1.00 bits per heavy atom. The largest absolute Gasteiger partial charge is 0.507 e.